The molecule has 0 aliphatic heterocycles. The summed E-state index contributed by atoms with van der Waals surface area (Å²) in [4.78, 5) is 0. The molecule has 1 fully saturated rings. The second-order valence-corrected chi connectivity index (χ2v) is 5.23. The van der Waals surface area contributed by atoms with Crippen LogP contribution in [0.25, 0.3) is 0 Å². The molecule has 0 heterocycles. The van der Waals surface area contributed by atoms with Crippen molar-refractivity contribution in [2.75, 3.05) is 6.54 Å². The highest BCUT2D eigenvalue weighted by Crippen LogP contribution is 2.41. The molecule has 1 aliphatic carbocycles. The minimum Gasteiger partial charge on any atom is -0.330 e. The predicted octanol–water partition coefficient (Wildman–Crippen LogP) is 3.36. The van der Waals surface area contributed by atoms with E-state index in [4.69, 9.17) is 5.73 Å². The van der Waals surface area contributed by atoms with Crippen molar-refractivity contribution in [3.05, 3.63) is 34.1 Å². The van der Waals surface area contributed by atoms with E-state index in [1.807, 2.05) is 12.1 Å². The average Bonchev–Trinajstić information content (AvgIpc) is 2.67. The van der Waals surface area contributed by atoms with Crippen LogP contribution in [-0.4, -0.2) is 6.54 Å². The van der Waals surface area contributed by atoms with Crippen LogP contribution in [0.3, 0.4) is 0 Å². The van der Waals surface area contributed by atoms with Crippen LogP contribution in [0.5, 0.6) is 0 Å². The molecule has 0 radical (unpaired) electrons. The van der Waals surface area contributed by atoms with Crippen LogP contribution in [0, 0.1) is 5.82 Å². The summed E-state index contributed by atoms with van der Waals surface area (Å²) in [6, 6.07) is 5.30. The predicted molar refractivity (Wildman–Crippen MR) is 63.3 cm³/mol. The Morgan fingerprint density at radius 2 is 2.00 bits per heavy atom. The summed E-state index contributed by atoms with van der Waals surface area (Å²) in [5.74, 6) is -0.128. The van der Waals surface area contributed by atoms with E-state index in [0.717, 1.165) is 35.7 Å². The molecule has 0 atom stereocenters. The monoisotopic (exact) mass is 271 g/mol. The van der Waals surface area contributed by atoms with Gasteiger partial charge in [-0.1, -0.05) is 34.8 Å². The maximum atomic E-state index is 13.8. The molecule has 2 N–H and O–H groups in total. The minimum atomic E-state index is -0.128. The highest BCUT2D eigenvalue weighted by atomic mass is 79.9. The zero-order valence-electron chi connectivity index (χ0n) is 8.60. The largest absolute Gasteiger partial charge is 0.330 e. The van der Waals surface area contributed by atoms with Crippen molar-refractivity contribution in [1.82, 2.24) is 0 Å². The molecule has 1 nitrogen and oxygen atoms in total. The van der Waals surface area contributed by atoms with Crippen LogP contribution >= 0.6 is 15.9 Å². The molecule has 1 aromatic carbocycles. The summed E-state index contributed by atoms with van der Waals surface area (Å²) >= 11 is 3.27. The van der Waals surface area contributed by atoms with Gasteiger partial charge < -0.3 is 5.73 Å². The van der Waals surface area contributed by atoms with Crippen molar-refractivity contribution >= 4 is 15.9 Å². The third-order valence-corrected chi connectivity index (χ3v) is 3.95. The van der Waals surface area contributed by atoms with Gasteiger partial charge in [0.15, 0.2) is 0 Å². The fourth-order valence-electron chi connectivity index (χ4n) is 2.55. The second-order valence-electron chi connectivity index (χ2n) is 4.32. The van der Waals surface area contributed by atoms with E-state index < -0.39 is 0 Å². The molecule has 2 rings (SSSR count). The number of benzene rings is 1. The van der Waals surface area contributed by atoms with Gasteiger partial charge in [-0.25, -0.2) is 4.39 Å². The first kappa shape index (κ1) is 11.1. The molecule has 1 aliphatic rings. The third kappa shape index (κ3) is 1.95. The van der Waals surface area contributed by atoms with Gasteiger partial charge in [-0.2, -0.15) is 0 Å². The summed E-state index contributed by atoms with van der Waals surface area (Å²) in [6.45, 7) is 0.547. The lowest BCUT2D eigenvalue weighted by atomic mass is 9.79. The van der Waals surface area contributed by atoms with Crippen molar-refractivity contribution in [1.29, 1.82) is 0 Å². The van der Waals surface area contributed by atoms with Crippen LogP contribution in [0.15, 0.2) is 22.7 Å². The van der Waals surface area contributed by atoms with E-state index in [1.54, 1.807) is 0 Å². The molecule has 1 aromatic rings. The molecule has 3 heteroatoms. The number of nitrogens with two attached hydrogens (primary N) is 1. The lowest BCUT2D eigenvalue weighted by Gasteiger charge is -2.28. The van der Waals surface area contributed by atoms with E-state index in [9.17, 15) is 4.39 Å². The van der Waals surface area contributed by atoms with Gasteiger partial charge >= 0.3 is 0 Å². The first-order valence-corrected chi connectivity index (χ1v) is 6.13. The Kier molecular flexibility index (Phi) is 3.12. The Morgan fingerprint density at radius 1 is 1.33 bits per heavy atom. The van der Waals surface area contributed by atoms with Gasteiger partial charge in [0.25, 0.3) is 0 Å². The second kappa shape index (κ2) is 4.22. The van der Waals surface area contributed by atoms with Crippen LogP contribution in [0.1, 0.15) is 31.2 Å². The third-order valence-electron chi connectivity index (χ3n) is 3.45. The number of rotatable bonds is 2. The molecule has 0 amide bonds. The topological polar surface area (TPSA) is 26.0 Å². The van der Waals surface area contributed by atoms with Gasteiger partial charge in [-0.15, -0.1) is 0 Å². The van der Waals surface area contributed by atoms with Crippen molar-refractivity contribution in [2.24, 2.45) is 5.73 Å². The fraction of sp³-hybridized carbons (Fsp3) is 0.500. The van der Waals surface area contributed by atoms with E-state index >= 15 is 0 Å². The fourth-order valence-corrected chi connectivity index (χ4v) is 2.89. The molecule has 15 heavy (non-hydrogen) atoms. The first-order chi connectivity index (χ1) is 7.18. The average molecular weight is 272 g/mol. The zero-order valence-corrected chi connectivity index (χ0v) is 10.2. The highest BCUT2D eigenvalue weighted by Gasteiger charge is 2.36. The summed E-state index contributed by atoms with van der Waals surface area (Å²) in [5.41, 5.74) is 6.52. The lowest BCUT2D eigenvalue weighted by Crippen LogP contribution is -2.32. The van der Waals surface area contributed by atoms with Crippen molar-refractivity contribution in [3.8, 4) is 0 Å². The molecular formula is C12H15BrFN. The maximum Gasteiger partial charge on any atom is 0.128 e. The molecule has 0 spiro atoms. The lowest BCUT2D eigenvalue weighted by molar-refractivity contribution is 0.426. The maximum absolute atomic E-state index is 13.8. The molecular weight excluding hydrogens is 257 g/mol. The Labute approximate surface area is 98.0 Å². The normalized spacial score (nSPS) is 19.4. The van der Waals surface area contributed by atoms with Gasteiger partial charge in [0.05, 0.1) is 0 Å². The van der Waals surface area contributed by atoms with Crippen LogP contribution in [-0.2, 0) is 5.41 Å². The summed E-state index contributed by atoms with van der Waals surface area (Å²) < 4.78 is 14.6. The Bertz CT molecular complexity index is 359. The molecule has 1 saturated carbocycles. The van der Waals surface area contributed by atoms with Gasteiger partial charge in [0, 0.05) is 16.4 Å². The number of hydrogen-bond donors (Lipinski definition) is 1. The summed E-state index contributed by atoms with van der Waals surface area (Å²) in [7, 11) is 0. The van der Waals surface area contributed by atoms with Crippen LogP contribution < -0.4 is 5.73 Å². The highest BCUT2D eigenvalue weighted by molar-refractivity contribution is 9.10. The van der Waals surface area contributed by atoms with Crippen molar-refractivity contribution < 1.29 is 4.39 Å². The zero-order chi connectivity index (χ0) is 10.9. The van der Waals surface area contributed by atoms with E-state index in [1.165, 1.54) is 6.07 Å². The smallest absolute Gasteiger partial charge is 0.128 e. The van der Waals surface area contributed by atoms with Gasteiger partial charge in [-0.05, 0) is 30.5 Å². The molecule has 82 valence electrons. The molecule has 0 saturated heterocycles. The van der Waals surface area contributed by atoms with E-state index in [2.05, 4.69) is 15.9 Å². The number of hydrogen-bond acceptors (Lipinski definition) is 1. The molecule has 0 unspecified atom stereocenters. The van der Waals surface area contributed by atoms with Crippen LogP contribution in [0.2, 0.25) is 0 Å². The molecule has 0 aromatic heterocycles. The number of halogens is 2. The van der Waals surface area contributed by atoms with Gasteiger partial charge in [0.1, 0.15) is 5.82 Å². The van der Waals surface area contributed by atoms with Crippen LogP contribution in [0.4, 0.5) is 4.39 Å². The minimum absolute atomic E-state index is 0.106. The molecule has 0 bridgehead atoms. The summed E-state index contributed by atoms with van der Waals surface area (Å²) in [6.07, 6.45) is 4.35. The Balaban J connectivity index is 2.42. The van der Waals surface area contributed by atoms with E-state index in [0.29, 0.717) is 6.54 Å². The SMILES string of the molecule is NCC1(c2ccc(Br)cc2F)CCCC1. The Morgan fingerprint density at radius 3 is 2.53 bits per heavy atom. The Hall–Kier alpha value is -0.410. The standard InChI is InChI=1S/C12H15BrFN/c13-9-3-4-10(11(14)7-9)12(8-15)5-1-2-6-12/h3-4,7H,1-2,5-6,8,15H2. The van der Waals surface area contributed by atoms with E-state index in [-0.39, 0.29) is 11.2 Å². The van der Waals surface area contributed by atoms with Crippen molar-refractivity contribution in [3.63, 3.8) is 0 Å². The van der Waals surface area contributed by atoms with Gasteiger partial charge in [-0.3, -0.25) is 0 Å². The quantitative estimate of drug-likeness (QED) is 0.877. The van der Waals surface area contributed by atoms with Gasteiger partial charge in [0.2, 0.25) is 0 Å². The summed E-state index contributed by atoms with van der Waals surface area (Å²) in [5, 5.41) is 0. The first-order valence-electron chi connectivity index (χ1n) is 5.33. The van der Waals surface area contributed by atoms with Crippen molar-refractivity contribution in [2.45, 2.75) is 31.1 Å².